The molecule has 1 aliphatic rings. The molecule has 0 saturated carbocycles. The van der Waals surface area contributed by atoms with Crippen LogP contribution in [0.5, 0.6) is 0 Å². The van der Waals surface area contributed by atoms with Crippen LogP contribution >= 0.6 is 0 Å². The summed E-state index contributed by atoms with van der Waals surface area (Å²) in [5.41, 5.74) is 8.39. The van der Waals surface area contributed by atoms with E-state index >= 15 is 0 Å². The van der Waals surface area contributed by atoms with Crippen molar-refractivity contribution in [3.63, 3.8) is 0 Å². The van der Waals surface area contributed by atoms with E-state index < -0.39 is 0 Å². The fraction of sp³-hybridized carbons (Fsp3) is 0.273. The zero-order valence-electron chi connectivity index (χ0n) is 17.8. The molecule has 1 aromatic carbocycles. The SMILES string of the molecule is CCC1=C(c2ccc(F)cc2)N(C)NC1Nc1cc(-n2nc(C)c(C=O)c2C)ncn1. The van der Waals surface area contributed by atoms with Crippen molar-refractivity contribution in [1.29, 1.82) is 0 Å². The molecule has 0 saturated heterocycles. The second kappa shape index (κ2) is 8.27. The minimum Gasteiger partial charge on any atom is -0.349 e. The highest BCUT2D eigenvalue weighted by Gasteiger charge is 2.29. The van der Waals surface area contributed by atoms with E-state index in [1.807, 2.05) is 19.0 Å². The lowest BCUT2D eigenvalue weighted by Crippen LogP contribution is -2.39. The summed E-state index contributed by atoms with van der Waals surface area (Å²) in [6.07, 6.45) is 2.87. The Bertz CT molecular complexity index is 1150. The molecule has 0 spiro atoms. The van der Waals surface area contributed by atoms with Crippen LogP contribution in [0.25, 0.3) is 11.5 Å². The predicted octanol–water partition coefficient (Wildman–Crippen LogP) is 3.24. The van der Waals surface area contributed by atoms with Gasteiger partial charge >= 0.3 is 0 Å². The van der Waals surface area contributed by atoms with E-state index in [9.17, 15) is 9.18 Å². The fourth-order valence-corrected chi connectivity index (χ4v) is 3.90. The molecule has 0 radical (unpaired) electrons. The van der Waals surface area contributed by atoms with E-state index in [0.717, 1.165) is 35.2 Å². The Balaban J connectivity index is 1.65. The number of nitrogens with zero attached hydrogens (tertiary/aromatic N) is 5. The number of nitrogens with one attached hydrogen (secondary N) is 2. The smallest absolute Gasteiger partial charge is 0.159 e. The maximum atomic E-state index is 13.4. The summed E-state index contributed by atoms with van der Waals surface area (Å²) < 4.78 is 15.0. The van der Waals surface area contributed by atoms with E-state index in [1.54, 1.807) is 29.8 Å². The Morgan fingerprint density at radius 1 is 1.23 bits per heavy atom. The summed E-state index contributed by atoms with van der Waals surface area (Å²) in [5.74, 6) is 0.918. The van der Waals surface area contributed by atoms with Gasteiger partial charge in [0, 0.05) is 13.1 Å². The summed E-state index contributed by atoms with van der Waals surface area (Å²) >= 11 is 0. The standard InChI is InChI=1S/C22H24FN7O/c1-5-17-21(15-6-8-16(23)9-7-15)29(4)28-22(17)26-19-10-20(25-12-24-19)30-14(3)18(11-31)13(2)27-30/h6-12,22,28H,5H2,1-4H3,(H,24,25,26). The Labute approximate surface area is 179 Å². The first-order chi connectivity index (χ1) is 14.9. The number of aromatic nitrogens is 4. The van der Waals surface area contributed by atoms with Gasteiger partial charge in [0.1, 0.15) is 24.1 Å². The number of rotatable bonds is 6. The Hall–Kier alpha value is -3.59. The number of hydrogen-bond donors (Lipinski definition) is 2. The maximum Gasteiger partial charge on any atom is 0.159 e. The topological polar surface area (TPSA) is 88.0 Å². The van der Waals surface area contributed by atoms with Crippen molar-refractivity contribution in [2.45, 2.75) is 33.4 Å². The van der Waals surface area contributed by atoms with Crippen LogP contribution in [0.1, 0.15) is 40.7 Å². The van der Waals surface area contributed by atoms with Gasteiger partial charge in [-0.15, -0.1) is 0 Å². The molecule has 2 N–H and O–H groups in total. The summed E-state index contributed by atoms with van der Waals surface area (Å²) in [6, 6.07) is 8.26. The van der Waals surface area contributed by atoms with Crippen molar-refractivity contribution in [2.75, 3.05) is 12.4 Å². The van der Waals surface area contributed by atoms with Crippen molar-refractivity contribution < 1.29 is 9.18 Å². The number of hydrogen-bond acceptors (Lipinski definition) is 7. The van der Waals surface area contributed by atoms with Crippen molar-refractivity contribution in [3.8, 4) is 5.82 Å². The second-order valence-electron chi connectivity index (χ2n) is 7.38. The zero-order valence-corrected chi connectivity index (χ0v) is 17.8. The summed E-state index contributed by atoms with van der Waals surface area (Å²) in [7, 11) is 1.93. The molecular weight excluding hydrogens is 397 g/mol. The number of anilines is 1. The lowest BCUT2D eigenvalue weighted by Gasteiger charge is -2.20. The number of carbonyl (C=O) groups is 1. The number of carbonyl (C=O) groups excluding carboxylic acids is 1. The van der Waals surface area contributed by atoms with Crippen LogP contribution in [0, 0.1) is 19.7 Å². The normalized spacial score (nSPS) is 16.2. The highest BCUT2D eigenvalue weighted by molar-refractivity contribution is 5.78. The number of benzene rings is 1. The highest BCUT2D eigenvalue weighted by Crippen LogP contribution is 2.31. The molecule has 1 atom stereocenters. The minimum absolute atomic E-state index is 0.191. The van der Waals surface area contributed by atoms with Gasteiger partial charge in [0.15, 0.2) is 12.1 Å². The third-order valence-corrected chi connectivity index (χ3v) is 5.44. The van der Waals surface area contributed by atoms with Gasteiger partial charge in [-0.2, -0.15) is 5.10 Å². The third-order valence-electron chi connectivity index (χ3n) is 5.44. The summed E-state index contributed by atoms with van der Waals surface area (Å²) in [4.78, 5) is 20.0. The van der Waals surface area contributed by atoms with Crippen LogP contribution < -0.4 is 10.7 Å². The molecule has 0 fully saturated rings. The molecule has 8 nitrogen and oxygen atoms in total. The predicted molar refractivity (Wildman–Crippen MR) is 116 cm³/mol. The minimum atomic E-state index is -0.263. The van der Waals surface area contributed by atoms with E-state index in [2.05, 4.69) is 32.7 Å². The van der Waals surface area contributed by atoms with Crippen LogP contribution in [0.4, 0.5) is 10.2 Å². The first-order valence-corrected chi connectivity index (χ1v) is 10.0. The average Bonchev–Trinajstić information content (AvgIpc) is 3.23. The van der Waals surface area contributed by atoms with Crippen LogP contribution in [0.3, 0.4) is 0 Å². The van der Waals surface area contributed by atoms with Crippen LogP contribution in [-0.2, 0) is 0 Å². The van der Waals surface area contributed by atoms with Gasteiger partial charge in [0.25, 0.3) is 0 Å². The quantitative estimate of drug-likeness (QED) is 0.591. The molecule has 0 aliphatic carbocycles. The highest BCUT2D eigenvalue weighted by atomic mass is 19.1. The zero-order chi connectivity index (χ0) is 22.1. The third kappa shape index (κ3) is 3.79. The van der Waals surface area contributed by atoms with Crippen LogP contribution in [0.2, 0.25) is 0 Å². The first kappa shape index (κ1) is 20.7. The molecular formula is C22H24FN7O. The molecule has 0 bridgehead atoms. The number of hydrazine groups is 1. The van der Waals surface area contributed by atoms with E-state index in [-0.39, 0.29) is 12.0 Å². The largest absolute Gasteiger partial charge is 0.349 e. The molecule has 1 unspecified atom stereocenters. The van der Waals surface area contributed by atoms with Gasteiger partial charge in [0.2, 0.25) is 0 Å². The van der Waals surface area contributed by atoms with Gasteiger partial charge in [-0.25, -0.2) is 24.5 Å². The van der Waals surface area contributed by atoms with Gasteiger partial charge in [-0.05, 0) is 55.7 Å². The molecule has 31 heavy (non-hydrogen) atoms. The van der Waals surface area contributed by atoms with Gasteiger partial charge in [-0.1, -0.05) is 6.92 Å². The lowest BCUT2D eigenvalue weighted by molar-refractivity contribution is 0.112. The van der Waals surface area contributed by atoms with E-state index in [4.69, 9.17) is 0 Å². The average molecular weight is 421 g/mol. The molecule has 3 heterocycles. The number of aldehydes is 1. The van der Waals surface area contributed by atoms with Gasteiger partial charge in [0.05, 0.1) is 22.6 Å². The summed E-state index contributed by atoms with van der Waals surface area (Å²) in [5, 5.41) is 9.77. The molecule has 9 heteroatoms. The van der Waals surface area contributed by atoms with Crippen LogP contribution in [0.15, 0.2) is 42.2 Å². The molecule has 0 amide bonds. The Morgan fingerprint density at radius 2 is 1.97 bits per heavy atom. The Kier molecular flexibility index (Phi) is 5.51. The molecule has 3 aromatic rings. The first-order valence-electron chi connectivity index (χ1n) is 10.0. The monoisotopic (exact) mass is 421 g/mol. The lowest BCUT2D eigenvalue weighted by atomic mass is 10.0. The molecule has 1 aliphatic heterocycles. The van der Waals surface area contributed by atoms with Crippen molar-refractivity contribution in [3.05, 3.63) is 70.6 Å². The maximum absolute atomic E-state index is 13.4. The van der Waals surface area contributed by atoms with Crippen molar-refractivity contribution in [1.82, 2.24) is 30.2 Å². The van der Waals surface area contributed by atoms with Crippen molar-refractivity contribution in [2.24, 2.45) is 0 Å². The Morgan fingerprint density at radius 3 is 2.61 bits per heavy atom. The second-order valence-corrected chi connectivity index (χ2v) is 7.38. The number of halogens is 1. The van der Waals surface area contributed by atoms with Gasteiger partial charge in [-0.3, -0.25) is 4.79 Å². The fourth-order valence-electron chi connectivity index (χ4n) is 3.90. The van der Waals surface area contributed by atoms with E-state index in [0.29, 0.717) is 22.9 Å². The molecule has 160 valence electrons. The van der Waals surface area contributed by atoms with Gasteiger partial charge < -0.3 is 10.3 Å². The van der Waals surface area contributed by atoms with Crippen LogP contribution in [-0.4, -0.2) is 44.3 Å². The van der Waals surface area contributed by atoms with E-state index in [1.165, 1.54) is 18.5 Å². The summed E-state index contributed by atoms with van der Waals surface area (Å²) in [6.45, 7) is 5.71. The van der Waals surface area contributed by atoms with Crippen molar-refractivity contribution >= 4 is 17.8 Å². The number of aryl methyl sites for hydroxylation is 1. The molecule has 2 aromatic heterocycles. The molecule has 4 rings (SSSR count).